The Labute approximate surface area is 79.7 Å². The summed E-state index contributed by atoms with van der Waals surface area (Å²) in [5, 5.41) is 3.39. The SMILES string of the molecule is CNC(c1ccc[nH]1)C1CC1(C)C. The standard InChI is InChI=1S/C11H18N2/c1-11(2)7-8(11)10(12-3)9-5-4-6-13-9/h4-6,8,10,12-13H,7H2,1-3H3. The number of hydrogen-bond acceptors (Lipinski definition) is 1. The minimum absolute atomic E-state index is 0.505. The van der Waals surface area contributed by atoms with Gasteiger partial charge in [-0.3, -0.25) is 0 Å². The van der Waals surface area contributed by atoms with Gasteiger partial charge >= 0.3 is 0 Å². The molecule has 1 aliphatic carbocycles. The van der Waals surface area contributed by atoms with Crippen molar-refractivity contribution in [2.45, 2.75) is 26.3 Å². The number of H-pyrrole nitrogens is 1. The summed E-state index contributed by atoms with van der Waals surface area (Å²) in [6.07, 6.45) is 3.33. The molecule has 0 saturated heterocycles. The molecule has 2 N–H and O–H groups in total. The molecule has 1 aromatic rings. The van der Waals surface area contributed by atoms with Crippen LogP contribution in [0.1, 0.15) is 32.0 Å². The Bertz CT molecular complexity index is 274. The Hall–Kier alpha value is -0.760. The molecule has 13 heavy (non-hydrogen) atoms. The molecule has 72 valence electrons. The summed E-state index contributed by atoms with van der Waals surface area (Å²) in [4.78, 5) is 3.28. The Morgan fingerprint density at radius 1 is 1.62 bits per heavy atom. The molecule has 2 nitrogen and oxygen atoms in total. The van der Waals surface area contributed by atoms with Gasteiger partial charge in [-0.15, -0.1) is 0 Å². The van der Waals surface area contributed by atoms with Crippen molar-refractivity contribution in [3.05, 3.63) is 24.0 Å². The van der Waals surface area contributed by atoms with E-state index in [0.29, 0.717) is 11.5 Å². The van der Waals surface area contributed by atoms with Gasteiger partial charge in [-0.05, 0) is 36.9 Å². The molecule has 0 spiro atoms. The highest BCUT2D eigenvalue weighted by Crippen LogP contribution is 2.57. The van der Waals surface area contributed by atoms with E-state index < -0.39 is 0 Å². The molecule has 1 aromatic heterocycles. The van der Waals surface area contributed by atoms with E-state index >= 15 is 0 Å². The van der Waals surface area contributed by atoms with Crippen molar-refractivity contribution >= 4 is 0 Å². The zero-order chi connectivity index (χ0) is 9.47. The van der Waals surface area contributed by atoms with E-state index in [4.69, 9.17) is 0 Å². The second-order valence-electron chi connectivity index (χ2n) is 4.69. The van der Waals surface area contributed by atoms with Crippen molar-refractivity contribution in [3.8, 4) is 0 Å². The predicted octanol–water partition coefficient (Wildman–Crippen LogP) is 2.32. The van der Waals surface area contributed by atoms with Gasteiger partial charge in [-0.2, -0.15) is 0 Å². The molecule has 0 aromatic carbocycles. The van der Waals surface area contributed by atoms with Crippen molar-refractivity contribution in [2.24, 2.45) is 11.3 Å². The summed E-state index contributed by atoms with van der Waals surface area (Å²) in [5.41, 5.74) is 1.84. The lowest BCUT2D eigenvalue weighted by atomic mass is 10.0. The maximum Gasteiger partial charge on any atom is 0.0504 e. The molecule has 0 bridgehead atoms. The van der Waals surface area contributed by atoms with Crippen LogP contribution < -0.4 is 5.32 Å². The highest BCUT2D eigenvalue weighted by Gasteiger charge is 2.50. The fourth-order valence-corrected chi connectivity index (χ4v) is 2.19. The first-order valence-corrected chi connectivity index (χ1v) is 4.96. The van der Waals surface area contributed by atoms with Gasteiger partial charge in [-0.1, -0.05) is 13.8 Å². The Kier molecular flexibility index (Phi) is 1.95. The summed E-state index contributed by atoms with van der Waals surface area (Å²) in [5.74, 6) is 0.788. The number of aromatic nitrogens is 1. The molecule has 2 rings (SSSR count). The van der Waals surface area contributed by atoms with Crippen LogP contribution in [0.15, 0.2) is 18.3 Å². The van der Waals surface area contributed by atoms with Crippen LogP contribution in [0.5, 0.6) is 0 Å². The maximum absolute atomic E-state index is 3.39. The largest absolute Gasteiger partial charge is 0.364 e. The average Bonchev–Trinajstić information content (AvgIpc) is 2.55. The summed E-state index contributed by atoms with van der Waals surface area (Å²) in [6.45, 7) is 4.68. The third-order valence-corrected chi connectivity index (χ3v) is 3.26. The van der Waals surface area contributed by atoms with Crippen molar-refractivity contribution in [2.75, 3.05) is 7.05 Å². The van der Waals surface area contributed by atoms with Gasteiger partial charge in [0.2, 0.25) is 0 Å². The summed E-state index contributed by atoms with van der Waals surface area (Å²) in [7, 11) is 2.04. The lowest BCUT2D eigenvalue weighted by Crippen LogP contribution is -2.20. The van der Waals surface area contributed by atoms with E-state index in [1.807, 2.05) is 13.2 Å². The first kappa shape index (κ1) is 8.82. The first-order chi connectivity index (χ1) is 6.15. The molecule has 1 aliphatic rings. The molecule has 2 atom stereocenters. The molecule has 1 heterocycles. The second kappa shape index (κ2) is 2.88. The lowest BCUT2D eigenvalue weighted by molar-refractivity contribution is 0.434. The van der Waals surface area contributed by atoms with Crippen LogP contribution in [0.2, 0.25) is 0 Å². The van der Waals surface area contributed by atoms with Crippen LogP contribution in [0.25, 0.3) is 0 Å². The zero-order valence-corrected chi connectivity index (χ0v) is 8.59. The van der Waals surface area contributed by atoms with Crippen LogP contribution in [0, 0.1) is 11.3 Å². The molecule has 1 fully saturated rings. The van der Waals surface area contributed by atoms with Crippen molar-refractivity contribution in [1.29, 1.82) is 0 Å². The molecule has 2 heteroatoms. The fraction of sp³-hybridized carbons (Fsp3) is 0.636. The van der Waals surface area contributed by atoms with Crippen molar-refractivity contribution < 1.29 is 0 Å². The summed E-state index contributed by atoms with van der Waals surface area (Å²) < 4.78 is 0. The maximum atomic E-state index is 3.39. The molecule has 0 radical (unpaired) electrons. The topological polar surface area (TPSA) is 27.8 Å². The van der Waals surface area contributed by atoms with E-state index in [0.717, 1.165) is 5.92 Å². The van der Waals surface area contributed by atoms with Gasteiger partial charge < -0.3 is 10.3 Å². The molecular weight excluding hydrogens is 160 g/mol. The first-order valence-electron chi connectivity index (χ1n) is 4.96. The summed E-state index contributed by atoms with van der Waals surface area (Å²) >= 11 is 0. The highest BCUT2D eigenvalue weighted by atomic mass is 14.9. The number of aromatic amines is 1. The lowest BCUT2D eigenvalue weighted by Gasteiger charge is -2.16. The quantitative estimate of drug-likeness (QED) is 0.730. The van der Waals surface area contributed by atoms with E-state index in [9.17, 15) is 0 Å². The van der Waals surface area contributed by atoms with E-state index in [1.165, 1.54) is 12.1 Å². The summed E-state index contributed by atoms with van der Waals surface area (Å²) in [6, 6.07) is 4.73. The normalized spacial score (nSPS) is 27.2. The van der Waals surface area contributed by atoms with Crippen molar-refractivity contribution in [1.82, 2.24) is 10.3 Å². The number of nitrogens with one attached hydrogen (secondary N) is 2. The molecule has 0 amide bonds. The van der Waals surface area contributed by atoms with Gasteiger partial charge in [0.15, 0.2) is 0 Å². The zero-order valence-electron chi connectivity index (χ0n) is 8.59. The second-order valence-corrected chi connectivity index (χ2v) is 4.69. The van der Waals surface area contributed by atoms with Crippen LogP contribution in [-0.2, 0) is 0 Å². The van der Waals surface area contributed by atoms with E-state index in [2.05, 4.69) is 36.3 Å². The minimum atomic E-state index is 0.505. The average molecular weight is 178 g/mol. The molecular formula is C11H18N2. The van der Waals surface area contributed by atoms with Crippen LogP contribution in [0.3, 0.4) is 0 Å². The van der Waals surface area contributed by atoms with Gasteiger partial charge in [0.05, 0.1) is 6.04 Å². The van der Waals surface area contributed by atoms with Crippen LogP contribution >= 0.6 is 0 Å². The third kappa shape index (κ3) is 1.51. The van der Waals surface area contributed by atoms with Crippen molar-refractivity contribution in [3.63, 3.8) is 0 Å². The monoisotopic (exact) mass is 178 g/mol. The minimum Gasteiger partial charge on any atom is -0.364 e. The van der Waals surface area contributed by atoms with Gasteiger partial charge in [-0.25, -0.2) is 0 Å². The predicted molar refractivity (Wildman–Crippen MR) is 54.5 cm³/mol. The number of hydrogen-bond donors (Lipinski definition) is 2. The Balaban J connectivity index is 2.12. The molecule has 1 saturated carbocycles. The van der Waals surface area contributed by atoms with Gasteiger partial charge in [0.1, 0.15) is 0 Å². The highest BCUT2D eigenvalue weighted by molar-refractivity contribution is 5.16. The Morgan fingerprint density at radius 3 is 2.69 bits per heavy atom. The fourth-order valence-electron chi connectivity index (χ4n) is 2.19. The third-order valence-electron chi connectivity index (χ3n) is 3.26. The van der Waals surface area contributed by atoms with E-state index in [-0.39, 0.29) is 0 Å². The van der Waals surface area contributed by atoms with Gasteiger partial charge in [0.25, 0.3) is 0 Å². The smallest absolute Gasteiger partial charge is 0.0504 e. The molecule has 0 aliphatic heterocycles. The van der Waals surface area contributed by atoms with Crippen LogP contribution in [-0.4, -0.2) is 12.0 Å². The molecule has 2 unspecified atom stereocenters. The van der Waals surface area contributed by atoms with Crippen LogP contribution in [0.4, 0.5) is 0 Å². The van der Waals surface area contributed by atoms with E-state index in [1.54, 1.807) is 0 Å². The Morgan fingerprint density at radius 2 is 2.31 bits per heavy atom. The van der Waals surface area contributed by atoms with Gasteiger partial charge in [0, 0.05) is 11.9 Å². The number of rotatable bonds is 3.